The summed E-state index contributed by atoms with van der Waals surface area (Å²) in [5.41, 5.74) is 6.74. The summed E-state index contributed by atoms with van der Waals surface area (Å²) < 4.78 is 5.18. The summed E-state index contributed by atoms with van der Waals surface area (Å²) in [4.78, 5) is 9.04. The zero-order valence-corrected chi connectivity index (χ0v) is 15.2. The molecule has 3 aromatic carbocycles. The summed E-state index contributed by atoms with van der Waals surface area (Å²) in [5.74, 6) is 0.834. The fourth-order valence-electron chi connectivity index (χ4n) is 3.28. The molecule has 0 aliphatic carbocycles. The Labute approximate surface area is 154 Å². The van der Waals surface area contributed by atoms with Crippen LogP contribution in [0.5, 0.6) is 5.75 Å². The van der Waals surface area contributed by atoms with Crippen LogP contribution in [-0.4, -0.2) is 27.4 Å². The van der Waals surface area contributed by atoms with E-state index in [-0.39, 0.29) is 0 Å². The molecule has 0 bridgehead atoms. The molecule has 0 atom stereocenters. The highest BCUT2D eigenvalue weighted by atomic mass is 16.5. The van der Waals surface area contributed by atoms with Gasteiger partial charge >= 0.3 is 0 Å². The number of aliphatic imine (C=N–C) groups is 1. The number of benzene rings is 3. The van der Waals surface area contributed by atoms with Crippen molar-refractivity contribution < 1.29 is 4.74 Å². The first kappa shape index (κ1) is 16.2. The Morgan fingerprint density at radius 3 is 2.04 bits per heavy atom. The minimum absolute atomic E-state index is 0.834. The molecule has 0 fully saturated rings. The van der Waals surface area contributed by atoms with Crippen LogP contribution in [0, 0.1) is 0 Å². The van der Waals surface area contributed by atoms with Gasteiger partial charge in [0.2, 0.25) is 0 Å². The molecule has 26 heavy (non-hydrogen) atoms. The van der Waals surface area contributed by atoms with E-state index in [1.165, 1.54) is 22.7 Å². The van der Waals surface area contributed by atoms with Gasteiger partial charge in [-0.05, 0) is 54.1 Å². The Balaban J connectivity index is 1.65. The van der Waals surface area contributed by atoms with Crippen molar-refractivity contribution in [2.24, 2.45) is 4.99 Å². The van der Waals surface area contributed by atoms with Crippen molar-refractivity contribution in [2.45, 2.75) is 0 Å². The minimum Gasteiger partial charge on any atom is -0.497 e. The first-order valence-electron chi connectivity index (χ1n) is 8.56. The first-order chi connectivity index (χ1) is 12.7. The summed E-state index contributed by atoms with van der Waals surface area (Å²) in [6.45, 7) is 0. The summed E-state index contributed by atoms with van der Waals surface area (Å²) in [7, 11) is 5.88. The van der Waals surface area contributed by atoms with Crippen LogP contribution in [0.25, 0.3) is 0 Å². The van der Waals surface area contributed by atoms with E-state index in [0.29, 0.717) is 0 Å². The van der Waals surface area contributed by atoms with Crippen LogP contribution in [-0.2, 0) is 0 Å². The second-order valence-electron chi connectivity index (χ2n) is 6.31. The van der Waals surface area contributed by atoms with Crippen LogP contribution in [0.15, 0.2) is 71.7 Å². The molecular formula is C22H21N3O. The van der Waals surface area contributed by atoms with Gasteiger partial charge in [-0.25, -0.2) is 0 Å². The Morgan fingerprint density at radius 2 is 1.38 bits per heavy atom. The number of methoxy groups -OCH3 is 1. The lowest BCUT2D eigenvalue weighted by molar-refractivity contribution is 0.415. The molecule has 0 N–H and O–H groups in total. The van der Waals surface area contributed by atoms with E-state index in [0.717, 1.165) is 17.0 Å². The number of hydrogen-bond acceptors (Lipinski definition) is 4. The number of fused-ring (bicyclic) bond motifs is 2. The van der Waals surface area contributed by atoms with Gasteiger partial charge in [-0.2, -0.15) is 0 Å². The highest BCUT2D eigenvalue weighted by Crippen LogP contribution is 2.46. The van der Waals surface area contributed by atoms with Crippen LogP contribution in [0.3, 0.4) is 0 Å². The zero-order chi connectivity index (χ0) is 18.1. The van der Waals surface area contributed by atoms with Gasteiger partial charge < -0.3 is 14.5 Å². The van der Waals surface area contributed by atoms with E-state index in [1.54, 1.807) is 7.11 Å². The van der Waals surface area contributed by atoms with Crippen LogP contribution < -0.4 is 14.5 Å². The maximum Gasteiger partial charge on any atom is 0.119 e. The van der Waals surface area contributed by atoms with Gasteiger partial charge in [0.1, 0.15) is 5.75 Å². The van der Waals surface area contributed by atoms with Crippen LogP contribution in [0.1, 0.15) is 5.56 Å². The van der Waals surface area contributed by atoms with Gasteiger partial charge in [-0.1, -0.05) is 18.2 Å². The number of rotatable bonds is 3. The van der Waals surface area contributed by atoms with E-state index < -0.39 is 0 Å². The molecule has 130 valence electrons. The molecule has 0 spiro atoms. The summed E-state index contributed by atoms with van der Waals surface area (Å²) in [6.07, 6.45) is 1.90. The maximum atomic E-state index is 5.18. The van der Waals surface area contributed by atoms with Gasteiger partial charge in [-0.15, -0.1) is 0 Å². The molecule has 3 aromatic rings. The van der Waals surface area contributed by atoms with E-state index >= 15 is 0 Å². The molecule has 0 radical (unpaired) electrons. The number of hydrogen-bond donors (Lipinski definition) is 0. The predicted molar refractivity (Wildman–Crippen MR) is 109 cm³/mol. The monoisotopic (exact) mass is 343 g/mol. The molecule has 0 amide bonds. The summed E-state index contributed by atoms with van der Waals surface area (Å²) in [6, 6.07) is 22.6. The lowest BCUT2D eigenvalue weighted by atomic mass is 10.1. The van der Waals surface area contributed by atoms with Crippen LogP contribution in [0.4, 0.5) is 28.4 Å². The van der Waals surface area contributed by atoms with Gasteiger partial charge in [0.05, 0.1) is 35.5 Å². The van der Waals surface area contributed by atoms with Crippen molar-refractivity contribution in [3.63, 3.8) is 0 Å². The fraction of sp³-hybridized carbons (Fsp3) is 0.136. The van der Waals surface area contributed by atoms with Crippen molar-refractivity contribution in [1.82, 2.24) is 0 Å². The molecule has 1 aliphatic rings. The van der Waals surface area contributed by atoms with Gasteiger partial charge in [-0.3, -0.25) is 4.99 Å². The Hall–Kier alpha value is -3.27. The number of nitrogens with zero attached hydrogens (tertiary/aromatic N) is 3. The maximum absolute atomic E-state index is 5.18. The van der Waals surface area contributed by atoms with Crippen LogP contribution >= 0.6 is 0 Å². The van der Waals surface area contributed by atoms with E-state index in [1.807, 2.05) is 30.5 Å². The molecule has 0 unspecified atom stereocenters. The van der Waals surface area contributed by atoms with Crippen molar-refractivity contribution >= 4 is 34.7 Å². The molecule has 4 heteroatoms. The number of para-hydroxylation sites is 2. The highest BCUT2D eigenvalue weighted by Gasteiger charge is 2.23. The van der Waals surface area contributed by atoms with E-state index in [4.69, 9.17) is 4.74 Å². The fourth-order valence-corrected chi connectivity index (χ4v) is 3.28. The standard InChI is InChI=1S/C22H21N3O/c1-24-19-6-4-5-7-20(19)25(2)22-14-16(8-13-21(22)24)15-23-17-9-11-18(26-3)12-10-17/h4-15H,1-3H3. The quantitative estimate of drug-likeness (QED) is 0.605. The average Bonchev–Trinajstić information content (AvgIpc) is 2.70. The summed E-state index contributed by atoms with van der Waals surface area (Å²) in [5, 5.41) is 0. The van der Waals surface area contributed by atoms with E-state index in [9.17, 15) is 0 Å². The second-order valence-corrected chi connectivity index (χ2v) is 6.31. The molecule has 0 saturated carbocycles. The lowest BCUT2D eigenvalue weighted by Gasteiger charge is -2.36. The topological polar surface area (TPSA) is 28.1 Å². The molecule has 4 rings (SSSR count). The molecule has 4 nitrogen and oxygen atoms in total. The van der Waals surface area contributed by atoms with Gasteiger partial charge in [0.25, 0.3) is 0 Å². The van der Waals surface area contributed by atoms with Gasteiger partial charge in [0.15, 0.2) is 0 Å². The highest BCUT2D eigenvalue weighted by molar-refractivity contribution is 5.95. The normalized spacial score (nSPS) is 12.9. The number of anilines is 4. The molecular weight excluding hydrogens is 322 g/mol. The van der Waals surface area contributed by atoms with E-state index in [2.05, 4.69) is 71.4 Å². The van der Waals surface area contributed by atoms with Crippen molar-refractivity contribution in [1.29, 1.82) is 0 Å². The Kier molecular flexibility index (Phi) is 4.09. The minimum atomic E-state index is 0.834. The average molecular weight is 343 g/mol. The molecule has 0 aromatic heterocycles. The smallest absolute Gasteiger partial charge is 0.119 e. The van der Waals surface area contributed by atoms with Gasteiger partial charge in [0, 0.05) is 20.3 Å². The summed E-state index contributed by atoms with van der Waals surface area (Å²) >= 11 is 0. The van der Waals surface area contributed by atoms with Crippen molar-refractivity contribution in [2.75, 3.05) is 31.0 Å². The predicted octanol–water partition coefficient (Wildman–Crippen LogP) is 5.30. The second kappa shape index (κ2) is 6.56. The first-order valence-corrected chi connectivity index (χ1v) is 8.56. The molecule has 1 aliphatic heterocycles. The lowest BCUT2D eigenvalue weighted by Crippen LogP contribution is -2.24. The Morgan fingerprint density at radius 1 is 0.769 bits per heavy atom. The number of ether oxygens (including phenoxy) is 1. The zero-order valence-electron chi connectivity index (χ0n) is 15.2. The SMILES string of the molecule is COc1ccc(N=Cc2ccc3c(c2)N(C)c2ccccc2N3C)cc1. The van der Waals surface area contributed by atoms with Crippen LogP contribution in [0.2, 0.25) is 0 Å². The Bertz CT molecular complexity index is 963. The largest absolute Gasteiger partial charge is 0.497 e. The van der Waals surface area contributed by atoms with Crippen molar-refractivity contribution in [3.05, 3.63) is 72.3 Å². The molecule has 1 heterocycles. The van der Waals surface area contributed by atoms with Crippen molar-refractivity contribution in [3.8, 4) is 5.75 Å². The third-order valence-corrected chi connectivity index (χ3v) is 4.76. The molecule has 0 saturated heterocycles. The third-order valence-electron chi connectivity index (χ3n) is 4.76. The third kappa shape index (κ3) is 2.80.